The summed E-state index contributed by atoms with van der Waals surface area (Å²) in [5, 5.41) is 12.2. The molecule has 1 saturated heterocycles. The number of amides is 2. The zero-order chi connectivity index (χ0) is 25.6. The highest BCUT2D eigenvalue weighted by molar-refractivity contribution is 5.83. The normalized spacial score (nSPS) is 18.7. The molecule has 6 nitrogen and oxygen atoms in total. The third kappa shape index (κ3) is 6.08. The first kappa shape index (κ1) is 26.8. The zero-order valence-corrected chi connectivity index (χ0v) is 20.5. The molecule has 189 valence electrons. The lowest BCUT2D eigenvalue weighted by Gasteiger charge is -2.44. The summed E-state index contributed by atoms with van der Waals surface area (Å²) in [5.41, 5.74) is 12.6. The molecule has 1 heterocycles. The van der Waals surface area contributed by atoms with Crippen LogP contribution in [-0.4, -0.2) is 41.0 Å². The molecule has 1 radical (unpaired) electrons. The van der Waals surface area contributed by atoms with Crippen molar-refractivity contribution in [3.05, 3.63) is 66.3 Å². The van der Waals surface area contributed by atoms with Crippen molar-refractivity contribution < 1.29 is 19.1 Å². The second-order valence-electron chi connectivity index (χ2n) is 9.48. The maximum atomic E-state index is 15.3. The predicted molar refractivity (Wildman–Crippen MR) is 135 cm³/mol. The number of piperidine rings is 1. The highest BCUT2D eigenvalue weighted by Gasteiger charge is 2.43. The molecule has 3 atom stereocenters. The molecule has 2 unspecified atom stereocenters. The molecule has 5 N–H and O–H groups in total. The van der Waals surface area contributed by atoms with Crippen molar-refractivity contribution in [3.63, 3.8) is 0 Å². The van der Waals surface area contributed by atoms with Crippen LogP contribution in [0, 0.1) is 18.7 Å². The van der Waals surface area contributed by atoms with Gasteiger partial charge in [0.2, 0.25) is 11.8 Å². The van der Waals surface area contributed by atoms with Crippen molar-refractivity contribution in [3.8, 4) is 11.1 Å². The van der Waals surface area contributed by atoms with Crippen LogP contribution in [-0.2, 0) is 21.6 Å². The van der Waals surface area contributed by atoms with Gasteiger partial charge in [-0.3, -0.25) is 9.59 Å². The Kier molecular flexibility index (Phi) is 9.03. The van der Waals surface area contributed by atoms with Gasteiger partial charge in [-0.15, -0.1) is 0 Å². The Morgan fingerprint density at radius 1 is 1.29 bits per heavy atom. The van der Waals surface area contributed by atoms with Gasteiger partial charge in [-0.05, 0) is 54.9 Å². The molecule has 0 aliphatic carbocycles. The first-order chi connectivity index (χ1) is 16.7. The lowest BCUT2D eigenvalue weighted by Crippen LogP contribution is -2.52. The number of halogens is 1. The van der Waals surface area contributed by atoms with E-state index in [1.165, 1.54) is 6.07 Å². The number of rotatable bonds is 10. The predicted octanol–water partition coefficient (Wildman–Crippen LogP) is 3.69. The van der Waals surface area contributed by atoms with Crippen molar-refractivity contribution in [1.29, 1.82) is 0 Å². The van der Waals surface area contributed by atoms with Crippen molar-refractivity contribution in [2.24, 2.45) is 17.4 Å². The second-order valence-corrected chi connectivity index (χ2v) is 9.48. The minimum atomic E-state index is -1.38. The van der Waals surface area contributed by atoms with Crippen LogP contribution in [0.25, 0.3) is 11.1 Å². The molecule has 35 heavy (non-hydrogen) atoms. The number of nitrogens with zero attached hydrogens (tertiary/aromatic N) is 1. The van der Waals surface area contributed by atoms with Gasteiger partial charge in [0.1, 0.15) is 5.82 Å². The Hall–Kier alpha value is -2.77. The van der Waals surface area contributed by atoms with Gasteiger partial charge in [-0.2, -0.15) is 0 Å². The Morgan fingerprint density at radius 2 is 2.03 bits per heavy atom. The maximum Gasteiger partial charge on any atom is 0.239 e. The highest BCUT2D eigenvalue weighted by Crippen LogP contribution is 2.44. The molecule has 0 saturated carbocycles. The van der Waals surface area contributed by atoms with Gasteiger partial charge in [-0.1, -0.05) is 56.7 Å². The van der Waals surface area contributed by atoms with Gasteiger partial charge in [0.25, 0.3) is 0 Å². The van der Waals surface area contributed by atoms with Crippen LogP contribution >= 0.6 is 0 Å². The van der Waals surface area contributed by atoms with E-state index in [9.17, 15) is 14.7 Å². The van der Waals surface area contributed by atoms with E-state index in [1.54, 1.807) is 17.0 Å². The monoisotopic (exact) mass is 482 g/mol. The van der Waals surface area contributed by atoms with E-state index in [1.807, 2.05) is 31.2 Å². The number of aryl methyl sites for hydroxylation is 1. The standard InChI is InChI=1S/C28H37FN3O3/c1-3-15-28(35,21-10-7-16-32(18-21)27(34)24(30)13-14-25(31)33)22-11-6-12-23(29)26(22)20-9-5-8-19(4-2)17-20/h5-6,8-9,11-12,17,21,24,35H,1,3-4,7,10,13-16,18,30H2,2H3,(H2,31,33)/t21?,24-,28?/m0/s1. The summed E-state index contributed by atoms with van der Waals surface area (Å²) in [4.78, 5) is 25.7. The summed E-state index contributed by atoms with van der Waals surface area (Å²) in [6.45, 7) is 6.83. The first-order valence-electron chi connectivity index (χ1n) is 12.4. The molecule has 7 heteroatoms. The average molecular weight is 483 g/mol. The largest absolute Gasteiger partial charge is 0.385 e. The number of carbonyl (C=O) groups excluding carboxylic acids is 2. The van der Waals surface area contributed by atoms with Crippen LogP contribution in [0.3, 0.4) is 0 Å². The quantitative estimate of drug-likeness (QED) is 0.480. The topological polar surface area (TPSA) is 110 Å². The van der Waals surface area contributed by atoms with Gasteiger partial charge in [0, 0.05) is 31.0 Å². The van der Waals surface area contributed by atoms with Crippen LogP contribution in [0.5, 0.6) is 0 Å². The van der Waals surface area contributed by atoms with Gasteiger partial charge in [0.15, 0.2) is 0 Å². The molecule has 2 aromatic rings. The van der Waals surface area contributed by atoms with E-state index in [0.29, 0.717) is 49.9 Å². The number of hydrogen-bond donors (Lipinski definition) is 3. The molecule has 2 amide bonds. The number of nitrogens with two attached hydrogens (primary N) is 2. The minimum Gasteiger partial charge on any atom is -0.385 e. The number of primary amides is 1. The summed E-state index contributed by atoms with van der Waals surface area (Å²) >= 11 is 0. The molecule has 1 fully saturated rings. The number of likely N-dealkylation sites (tertiary alicyclic amines) is 1. The lowest BCUT2D eigenvalue weighted by molar-refractivity contribution is -0.138. The molecule has 1 aliphatic heterocycles. The first-order valence-corrected chi connectivity index (χ1v) is 12.4. The number of benzene rings is 2. The van der Waals surface area contributed by atoms with Crippen molar-refractivity contribution in [1.82, 2.24) is 4.90 Å². The van der Waals surface area contributed by atoms with E-state index in [0.717, 1.165) is 17.5 Å². The smallest absolute Gasteiger partial charge is 0.239 e. The molecule has 0 bridgehead atoms. The van der Waals surface area contributed by atoms with Crippen molar-refractivity contribution in [2.75, 3.05) is 13.1 Å². The molecule has 0 aromatic heterocycles. The van der Waals surface area contributed by atoms with E-state index in [2.05, 4.69) is 6.92 Å². The maximum absolute atomic E-state index is 15.3. The van der Waals surface area contributed by atoms with Gasteiger partial charge in [0.05, 0.1) is 11.6 Å². The summed E-state index contributed by atoms with van der Waals surface area (Å²) in [5.74, 6) is -1.47. The van der Waals surface area contributed by atoms with E-state index < -0.39 is 23.4 Å². The third-order valence-electron chi connectivity index (χ3n) is 7.09. The van der Waals surface area contributed by atoms with Gasteiger partial charge in [-0.25, -0.2) is 4.39 Å². The fraction of sp³-hybridized carbons (Fsp3) is 0.464. The summed E-state index contributed by atoms with van der Waals surface area (Å²) in [6.07, 6.45) is 3.19. The zero-order valence-electron chi connectivity index (χ0n) is 20.5. The van der Waals surface area contributed by atoms with Crippen molar-refractivity contribution >= 4 is 11.8 Å². The average Bonchev–Trinajstić information content (AvgIpc) is 2.86. The fourth-order valence-corrected chi connectivity index (χ4v) is 5.18. The van der Waals surface area contributed by atoms with Crippen LogP contribution in [0.4, 0.5) is 4.39 Å². The van der Waals surface area contributed by atoms with Crippen LogP contribution in [0.2, 0.25) is 0 Å². The third-order valence-corrected chi connectivity index (χ3v) is 7.09. The molecule has 0 spiro atoms. The molecule has 3 rings (SSSR count). The molecular formula is C28H37FN3O3. The van der Waals surface area contributed by atoms with Crippen LogP contribution < -0.4 is 11.5 Å². The molecule has 1 aliphatic rings. The van der Waals surface area contributed by atoms with Crippen molar-refractivity contribution in [2.45, 2.75) is 63.5 Å². The fourth-order valence-electron chi connectivity index (χ4n) is 5.18. The minimum absolute atomic E-state index is 0.0408. The number of carbonyl (C=O) groups is 2. The summed E-state index contributed by atoms with van der Waals surface area (Å²) in [7, 11) is 0. The lowest BCUT2D eigenvalue weighted by atomic mass is 9.72. The van der Waals surface area contributed by atoms with Gasteiger partial charge >= 0.3 is 0 Å². The number of aliphatic hydroxyl groups is 1. The van der Waals surface area contributed by atoms with Crippen LogP contribution in [0.1, 0.15) is 56.6 Å². The Morgan fingerprint density at radius 3 is 2.71 bits per heavy atom. The van der Waals surface area contributed by atoms with Crippen LogP contribution in [0.15, 0.2) is 42.5 Å². The van der Waals surface area contributed by atoms with E-state index in [-0.39, 0.29) is 24.7 Å². The SMILES string of the molecule is [CH2]CCC(O)(c1cccc(F)c1-c1cccc(CC)c1)C1CCCN(C(=O)[C@@H](N)CCC(N)=O)C1. The van der Waals surface area contributed by atoms with E-state index >= 15 is 4.39 Å². The molecular weight excluding hydrogens is 445 g/mol. The number of hydrogen-bond acceptors (Lipinski definition) is 4. The Labute approximate surface area is 207 Å². The summed E-state index contributed by atoms with van der Waals surface area (Å²) < 4.78 is 15.3. The summed E-state index contributed by atoms with van der Waals surface area (Å²) in [6, 6.07) is 11.7. The van der Waals surface area contributed by atoms with Gasteiger partial charge < -0.3 is 21.5 Å². The second kappa shape index (κ2) is 11.8. The van der Waals surface area contributed by atoms with E-state index in [4.69, 9.17) is 11.5 Å². The Bertz CT molecular complexity index is 1040. The highest BCUT2D eigenvalue weighted by atomic mass is 19.1. The molecule has 2 aromatic carbocycles. The Balaban J connectivity index is 1.97.